The maximum absolute atomic E-state index is 9.72. The molecule has 0 unspecified atom stereocenters. The second-order valence-corrected chi connectivity index (χ2v) is 5.44. The van der Waals surface area contributed by atoms with E-state index in [0.29, 0.717) is 5.70 Å². The maximum Gasteiger partial charge on any atom is 0.125 e. The third-order valence-corrected chi connectivity index (χ3v) is 3.73. The number of hydrogen-bond donors (Lipinski definition) is 0. The standard InChI is InChI=1S/C23H18N2/c24-19-23(18-10-13-20-11-4-1-5-12-20)25(21-14-6-2-7-15-21)22-16-8-3-9-17-22/h1-18H/b13-10+,23-18+. The number of nitrogens with zero attached hydrogens (tertiary/aromatic N) is 2. The average Bonchev–Trinajstić information content (AvgIpc) is 2.69. The molecule has 3 rings (SSSR count). The first-order chi connectivity index (χ1) is 12.4. The van der Waals surface area contributed by atoms with Gasteiger partial charge in [0.2, 0.25) is 0 Å². The highest BCUT2D eigenvalue weighted by molar-refractivity contribution is 5.71. The maximum atomic E-state index is 9.72. The van der Waals surface area contributed by atoms with Crippen molar-refractivity contribution in [3.05, 3.63) is 114 Å². The van der Waals surface area contributed by atoms with E-state index >= 15 is 0 Å². The van der Waals surface area contributed by atoms with E-state index < -0.39 is 0 Å². The number of benzene rings is 3. The van der Waals surface area contributed by atoms with Crippen LogP contribution in [0.5, 0.6) is 0 Å². The molecule has 0 aliphatic heterocycles. The van der Waals surface area contributed by atoms with Crippen molar-refractivity contribution in [3.63, 3.8) is 0 Å². The zero-order chi connectivity index (χ0) is 17.3. The summed E-state index contributed by atoms with van der Waals surface area (Å²) in [5.74, 6) is 0. The van der Waals surface area contributed by atoms with Crippen molar-refractivity contribution in [2.45, 2.75) is 0 Å². The van der Waals surface area contributed by atoms with Crippen LogP contribution >= 0.6 is 0 Å². The third kappa shape index (κ3) is 4.25. The Morgan fingerprint density at radius 2 is 1.20 bits per heavy atom. The van der Waals surface area contributed by atoms with Crippen molar-refractivity contribution in [1.29, 1.82) is 5.26 Å². The van der Waals surface area contributed by atoms with Gasteiger partial charge in [-0.25, -0.2) is 0 Å². The van der Waals surface area contributed by atoms with Crippen LogP contribution in [0.2, 0.25) is 0 Å². The van der Waals surface area contributed by atoms with E-state index in [-0.39, 0.29) is 0 Å². The largest absolute Gasteiger partial charge is 0.302 e. The number of hydrogen-bond acceptors (Lipinski definition) is 2. The van der Waals surface area contributed by atoms with E-state index in [1.165, 1.54) is 0 Å². The Kier molecular flexibility index (Phi) is 5.43. The molecular formula is C23H18N2. The predicted octanol–water partition coefficient (Wildman–Crippen LogP) is 5.95. The molecule has 0 N–H and O–H groups in total. The molecule has 120 valence electrons. The summed E-state index contributed by atoms with van der Waals surface area (Å²) in [6.07, 6.45) is 5.74. The lowest BCUT2D eigenvalue weighted by atomic mass is 10.2. The summed E-state index contributed by atoms with van der Waals surface area (Å²) in [6.45, 7) is 0. The highest BCUT2D eigenvalue weighted by atomic mass is 15.1. The van der Waals surface area contributed by atoms with Crippen LogP contribution in [0.4, 0.5) is 11.4 Å². The summed E-state index contributed by atoms with van der Waals surface area (Å²) < 4.78 is 0. The van der Waals surface area contributed by atoms with Crippen LogP contribution in [0.25, 0.3) is 6.08 Å². The van der Waals surface area contributed by atoms with Gasteiger partial charge in [0.25, 0.3) is 0 Å². The minimum atomic E-state index is 0.560. The Hall–Kier alpha value is -3.57. The van der Waals surface area contributed by atoms with Gasteiger partial charge in [-0.3, -0.25) is 0 Å². The van der Waals surface area contributed by atoms with Gasteiger partial charge in [0.05, 0.1) is 0 Å². The quantitative estimate of drug-likeness (QED) is 0.429. The van der Waals surface area contributed by atoms with E-state index in [1.807, 2.05) is 114 Å². The van der Waals surface area contributed by atoms with Crippen molar-refractivity contribution in [2.24, 2.45) is 0 Å². The van der Waals surface area contributed by atoms with Gasteiger partial charge in [0, 0.05) is 11.4 Å². The molecule has 0 atom stereocenters. The number of anilines is 2. The molecule has 0 aromatic heterocycles. The molecule has 3 aromatic carbocycles. The Labute approximate surface area is 148 Å². The summed E-state index contributed by atoms with van der Waals surface area (Å²) in [5, 5.41) is 9.72. The number of allylic oxidation sites excluding steroid dienone is 3. The fraction of sp³-hybridized carbons (Fsp3) is 0. The van der Waals surface area contributed by atoms with Gasteiger partial charge in [0.1, 0.15) is 11.8 Å². The lowest BCUT2D eigenvalue weighted by Gasteiger charge is -2.23. The molecule has 0 bridgehead atoms. The first-order valence-corrected chi connectivity index (χ1v) is 8.12. The highest BCUT2D eigenvalue weighted by Gasteiger charge is 2.13. The first kappa shape index (κ1) is 16.3. The van der Waals surface area contributed by atoms with E-state index in [2.05, 4.69) is 6.07 Å². The van der Waals surface area contributed by atoms with Crippen LogP contribution in [0.1, 0.15) is 5.56 Å². The fourth-order valence-corrected chi connectivity index (χ4v) is 2.56. The summed E-state index contributed by atoms with van der Waals surface area (Å²) in [5.41, 5.74) is 3.57. The molecule has 0 saturated heterocycles. The molecule has 0 heterocycles. The summed E-state index contributed by atoms with van der Waals surface area (Å²) >= 11 is 0. The number of nitriles is 1. The van der Waals surface area contributed by atoms with Gasteiger partial charge in [-0.1, -0.05) is 78.9 Å². The first-order valence-electron chi connectivity index (χ1n) is 8.12. The highest BCUT2D eigenvalue weighted by Crippen LogP contribution is 2.29. The minimum absolute atomic E-state index is 0.560. The second kappa shape index (κ2) is 8.33. The third-order valence-electron chi connectivity index (χ3n) is 3.73. The van der Waals surface area contributed by atoms with Crippen molar-refractivity contribution >= 4 is 17.5 Å². The Bertz CT molecular complexity index is 850. The zero-order valence-corrected chi connectivity index (χ0v) is 13.8. The monoisotopic (exact) mass is 322 g/mol. The molecule has 0 radical (unpaired) electrons. The Morgan fingerprint density at radius 1 is 0.720 bits per heavy atom. The Morgan fingerprint density at radius 3 is 1.68 bits per heavy atom. The molecule has 2 heteroatoms. The van der Waals surface area contributed by atoms with Crippen LogP contribution in [0, 0.1) is 11.3 Å². The topological polar surface area (TPSA) is 27.0 Å². The van der Waals surface area contributed by atoms with Crippen LogP contribution in [-0.2, 0) is 0 Å². The van der Waals surface area contributed by atoms with Gasteiger partial charge in [-0.15, -0.1) is 0 Å². The number of para-hydroxylation sites is 2. The zero-order valence-electron chi connectivity index (χ0n) is 13.8. The molecule has 0 fully saturated rings. The second-order valence-electron chi connectivity index (χ2n) is 5.44. The molecule has 0 aliphatic carbocycles. The van der Waals surface area contributed by atoms with E-state index in [1.54, 1.807) is 0 Å². The summed E-state index contributed by atoms with van der Waals surface area (Å²) in [4.78, 5) is 1.95. The van der Waals surface area contributed by atoms with Crippen LogP contribution in [0.15, 0.2) is 109 Å². The van der Waals surface area contributed by atoms with E-state index in [9.17, 15) is 5.26 Å². The summed E-state index contributed by atoms with van der Waals surface area (Å²) in [7, 11) is 0. The molecule has 0 aliphatic rings. The van der Waals surface area contributed by atoms with Gasteiger partial charge >= 0.3 is 0 Å². The van der Waals surface area contributed by atoms with Crippen LogP contribution in [0.3, 0.4) is 0 Å². The number of rotatable bonds is 5. The van der Waals surface area contributed by atoms with Crippen molar-refractivity contribution in [3.8, 4) is 6.07 Å². The average molecular weight is 322 g/mol. The van der Waals surface area contributed by atoms with Crippen molar-refractivity contribution < 1.29 is 0 Å². The molecule has 2 nitrogen and oxygen atoms in total. The summed E-state index contributed by atoms with van der Waals surface area (Å²) in [6, 6.07) is 32.2. The minimum Gasteiger partial charge on any atom is -0.302 e. The molecule has 0 spiro atoms. The smallest absolute Gasteiger partial charge is 0.125 e. The molecule has 0 amide bonds. The lowest BCUT2D eigenvalue weighted by molar-refractivity contribution is 1.21. The van der Waals surface area contributed by atoms with E-state index in [0.717, 1.165) is 16.9 Å². The van der Waals surface area contributed by atoms with Crippen molar-refractivity contribution in [2.75, 3.05) is 4.90 Å². The fourth-order valence-electron chi connectivity index (χ4n) is 2.56. The molecular weight excluding hydrogens is 304 g/mol. The van der Waals surface area contributed by atoms with E-state index in [4.69, 9.17) is 0 Å². The van der Waals surface area contributed by atoms with Crippen LogP contribution < -0.4 is 4.90 Å². The lowest BCUT2D eigenvalue weighted by Crippen LogP contribution is -2.15. The molecule has 0 saturated carbocycles. The van der Waals surface area contributed by atoms with Crippen LogP contribution in [-0.4, -0.2) is 0 Å². The predicted molar refractivity (Wildman–Crippen MR) is 104 cm³/mol. The molecule has 25 heavy (non-hydrogen) atoms. The Balaban J connectivity index is 1.97. The van der Waals surface area contributed by atoms with Crippen molar-refractivity contribution in [1.82, 2.24) is 0 Å². The van der Waals surface area contributed by atoms with Gasteiger partial charge in [-0.05, 0) is 35.9 Å². The van der Waals surface area contributed by atoms with Gasteiger partial charge < -0.3 is 4.90 Å². The molecule has 3 aromatic rings. The SMILES string of the molecule is N#C/C(=C\C=C\c1ccccc1)N(c1ccccc1)c1ccccc1. The van der Waals surface area contributed by atoms with Gasteiger partial charge in [0.15, 0.2) is 0 Å². The normalized spacial score (nSPS) is 11.2. The van der Waals surface area contributed by atoms with Gasteiger partial charge in [-0.2, -0.15) is 5.26 Å².